The summed E-state index contributed by atoms with van der Waals surface area (Å²) < 4.78 is 10.7. The van der Waals surface area contributed by atoms with Gasteiger partial charge in [0.2, 0.25) is 5.91 Å². The Morgan fingerprint density at radius 1 is 1.03 bits per heavy atom. The van der Waals surface area contributed by atoms with E-state index in [0.717, 1.165) is 46.3 Å². The van der Waals surface area contributed by atoms with Crippen molar-refractivity contribution in [3.63, 3.8) is 0 Å². The molecular weight excluding hydrogens is 510 g/mol. The number of aliphatic imine (C=N–C) groups is 1. The molecule has 7 nitrogen and oxygen atoms in total. The molecule has 39 heavy (non-hydrogen) atoms. The Balaban J connectivity index is 1.44. The largest absolute Gasteiger partial charge is 0.497 e. The van der Waals surface area contributed by atoms with Crippen LogP contribution in [0.2, 0.25) is 0 Å². The van der Waals surface area contributed by atoms with Gasteiger partial charge in [-0.3, -0.25) is 4.79 Å². The minimum atomic E-state index is -0.364. The lowest BCUT2D eigenvalue weighted by molar-refractivity contribution is -0.139. The predicted octanol–water partition coefficient (Wildman–Crippen LogP) is 5.70. The summed E-state index contributed by atoms with van der Waals surface area (Å²) in [6.45, 7) is 2.89. The number of nitrogens with zero attached hydrogens (tertiary/aromatic N) is 2. The molecule has 1 atom stereocenters. The summed E-state index contributed by atoms with van der Waals surface area (Å²) in [7, 11) is 1.62. The highest BCUT2D eigenvalue weighted by Crippen LogP contribution is 2.43. The van der Waals surface area contributed by atoms with E-state index in [1.807, 2.05) is 85.8 Å². The molecule has 8 heteroatoms. The molecule has 2 heterocycles. The standard InChI is InChI=1S/C31H31N3O4S/c1-3-38-30(36)27-28(22-8-5-4-6-9-22)33-31-34(18-7-19-39-31)29(27)23-12-14-24(15-13-23)32-26(35)20-21-10-16-25(37-2)17-11-21/h4-6,8-17,29H,3,7,18-20H2,1-2H3,(H,32,35)/t29-/m1/s1. The van der Waals surface area contributed by atoms with Crippen molar-refractivity contribution >= 4 is 40.2 Å². The van der Waals surface area contributed by atoms with Gasteiger partial charge in [-0.15, -0.1) is 0 Å². The van der Waals surface area contributed by atoms with Gasteiger partial charge in [-0.05, 0) is 48.7 Å². The van der Waals surface area contributed by atoms with E-state index in [1.54, 1.807) is 18.9 Å². The van der Waals surface area contributed by atoms with Crippen LogP contribution in [0.3, 0.4) is 0 Å². The number of hydrogen-bond acceptors (Lipinski definition) is 7. The van der Waals surface area contributed by atoms with Gasteiger partial charge in [0.15, 0.2) is 5.17 Å². The normalized spacial score (nSPS) is 16.7. The van der Waals surface area contributed by atoms with Crippen LogP contribution in [-0.2, 0) is 20.7 Å². The van der Waals surface area contributed by atoms with Gasteiger partial charge in [0.25, 0.3) is 0 Å². The van der Waals surface area contributed by atoms with Gasteiger partial charge in [-0.2, -0.15) is 0 Å². The van der Waals surface area contributed by atoms with Crippen LogP contribution in [0.1, 0.15) is 36.1 Å². The maximum Gasteiger partial charge on any atom is 0.338 e. The zero-order valence-corrected chi connectivity index (χ0v) is 22.9. The number of methoxy groups -OCH3 is 1. The third kappa shape index (κ3) is 6.01. The smallest absolute Gasteiger partial charge is 0.338 e. The first-order valence-electron chi connectivity index (χ1n) is 13.0. The van der Waals surface area contributed by atoms with Crippen molar-refractivity contribution in [1.82, 2.24) is 4.90 Å². The predicted molar refractivity (Wildman–Crippen MR) is 156 cm³/mol. The topological polar surface area (TPSA) is 80.2 Å². The van der Waals surface area contributed by atoms with Crippen LogP contribution in [0.15, 0.2) is 89.4 Å². The average Bonchev–Trinajstić information content (AvgIpc) is 2.97. The molecule has 2 aliphatic rings. The van der Waals surface area contributed by atoms with E-state index in [0.29, 0.717) is 17.0 Å². The first kappa shape index (κ1) is 26.6. The zero-order valence-electron chi connectivity index (χ0n) is 22.1. The van der Waals surface area contributed by atoms with Crippen molar-refractivity contribution in [2.45, 2.75) is 25.8 Å². The number of hydrogen-bond donors (Lipinski definition) is 1. The molecule has 0 aromatic heterocycles. The van der Waals surface area contributed by atoms with Gasteiger partial charge in [0.1, 0.15) is 5.75 Å². The molecule has 1 saturated heterocycles. The van der Waals surface area contributed by atoms with Crippen molar-refractivity contribution < 1.29 is 19.1 Å². The molecule has 3 aromatic rings. The Hall–Kier alpha value is -4.04. The van der Waals surface area contributed by atoms with Crippen molar-refractivity contribution in [2.24, 2.45) is 4.99 Å². The van der Waals surface area contributed by atoms with Crippen LogP contribution in [0.25, 0.3) is 5.70 Å². The highest BCUT2D eigenvalue weighted by Gasteiger charge is 2.39. The first-order valence-corrected chi connectivity index (χ1v) is 14.0. The van der Waals surface area contributed by atoms with Crippen LogP contribution in [0.4, 0.5) is 5.69 Å². The van der Waals surface area contributed by atoms with Crippen LogP contribution < -0.4 is 10.1 Å². The number of thioether (sulfide) groups is 1. The zero-order chi connectivity index (χ0) is 27.2. The Morgan fingerprint density at radius 2 is 1.77 bits per heavy atom. The second-order valence-corrected chi connectivity index (χ2v) is 10.3. The molecule has 3 aromatic carbocycles. The quantitative estimate of drug-likeness (QED) is 0.369. The fourth-order valence-corrected chi connectivity index (χ4v) is 5.79. The summed E-state index contributed by atoms with van der Waals surface area (Å²) in [6, 6.07) is 24.6. The van der Waals surface area contributed by atoms with Crippen LogP contribution >= 0.6 is 11.8 Å². The molecule has 0 aliphatic carbocycles. The molecule has 0 bridgehead atoms. The fourth-order valence-electron chi connectivity index (χ4n) is 4.82. The molecular formula is C31H31N3O4S. The van der Waals surface area contributed by atoms with Crippen LogP contribution in [0, 0.1) is 0 Å². The molecule has 0 spiro atoms. The SMILES string of the molecule is CCOC(=O)C1=C(c2ccccc2)N=C2SCCCN2[C@@H]1c1ccc(NC(=O)Cc2ccc(OC)cc2)cc1. The van der Waals surface area contributed by atoms with Gasteiger partial charge in [-0.1, -0.05) is 66.4 Å². The molecule has 0 saturated carbocycles. The Kier molecular flexibility index (Phi) is 8.32. The molecule has 200 valence electrons. The number of fused-ring (bicyclic) bond motifs is 1. The second-order valence-electron chi connectivity index (χ2n) is 9.24. The Morgan fingerprint density at radius 3 is 2.46 bits per heavy atom. The maximum absolute atomic E-state index is 13.4. The fraction of sp³-hybridized carbons (Fsp3) is 0.258. The summed E-state index contributed by atoms with van der Waals surface area (Å²) in [6.07, 6.45) is 1.26. The second kappa shape index (κ2) is 12.2. The number of anilines is 1. The van der Waals surface area contributed by atoms with E-state index < -0.39 is 0 Å². The Bertz CT molecular complexity index is 1390. The molecule has 0 radical (unpaired) electrons. The van der Waals surface area contributed by atoms with Gasteiger partial charge in [0, 0.05) is 23.5 Å². The summed E-state index contributed by atoms with van der Waals surface area (Å²) >= 11 is 1.71. The molecule has 1 fully saturated rings. The minimum Gasteiger partial charge on any atom is -0.497 e. The van der Waals surface area contributed by atoms with E-state index >= 15 is 0 Å². The monoisotopic (exact) mass is 541 g/mol. The number of ether oxygens (including phenoxy) is 2. The highest BCUT2D eigenvalue weighted by atomic mass is 32.2. The number of amidine groups is 1. The number of nitrogens with one attached hydrogen (secondary N) is 1. The van der Waals surface area contributed by atoms with Gasteiger partial charge in [-0.25, -0.2) is 9.79 Å². The molecule has 1 amide bonds. The lowest BCUT2D eigenvalue weighted by Gasteiger charge is -2.41. The van der Waals surface area contributed by atoms with Crippen LogP contribution in [-0.4, -0.2) is 48.0 Å². The van der Waals surface area contributed by atoms with Crippen molar-refractivity contribution in [3.05, 3.63) is 101 Å². The molecule has 0 unspecified atom stereocenters. The lowest BCUT2D eigenvalue weighted by Crippen LogP contribution is -2.42. The maximum atomic E-state index is 13.4. The third-order valence-corrected chi connectivity index (χ3v) is 7.72. The summed E-state index contributed by atoms with van der Waals surface area (Å²) in [5.74, 6) is 1.27. The minimum absolute atomic E-state index is 0.106. The molecule has 2 aliphatic heterocycles. The summed E-state index contributed by atoms with van der Waals surface area (Å²) in [4.78, 5) is 33.3. The lowest BCUT2D eigenvalue weighted by atomic mass is 9.91. The number of carbonyl (C=O) groups is 2. The van der Waals surface area contributed by atoms with Crippen molar-refractivity contribution in [3.8, 4) is 5.75 Å². The van der Waals surface area contributed by atoms with E-state index in [2.05, 4.69) is 10.2 Å². The van der Waals surface area contributed by atoms with Gasteiger partial charge in [0.05, 0.1) is 37.4 Å². The van der Waals surface area contributed by atoms with E-state index in [1.165, 1.54) is 0 Å². The van der Waals surface area contributed by atoms with E-state index in [-0.39, 0.29) is 30.9 Å². The van der Waals surface area contributed by atoms with E-state index in [4.69, 9.17) is 14.5 Å². The van der Waals surface area contributed by atoms with Crippen molar-refractivity contribution in [1.29, 1.82) is 0 Å². The van der Waals surface area contributed by atoms with Gasteiger partial charge < -0.3 is 19.7 Å². The number of carbonyl (C=O) groups excluding carboxylic acids is 2. The van der Waals surface area contributed by atoms with Crippen LogP contribution in [0.5, 0.6) is 5.75 Å². The van der Waals surface area contributed by atoms with Crippen molar-refractivity contribution in [2.75, 3.05) is 31.3 Å². The number of benzene rings is 3. The highest BCUT2D eigenvalue weighted by molar-refractivity contribution is 8.13. The third-order valence-electron chi connectivity index (χ3n) is 6.64. The van der Waals surface area contributed by atoms with Gasteiger partial charge >= 0.3 is 5.97 Å². The number of rotatable bonds is 8. The molecule has 5 rings (SSSR count). The summed E-state index contributed by atoms with van der Waals surface area (Å²) in [5.41, 5.74) is 4.60. The van der Waals surface area contributed by atoms with E-state index in [9.17, 15) is 9.59 Å². The average molecular weight is 542 g/mol. The first-order chi connectivity index (χ1) is 19.1. The number of esters is 1. The Labute approximate surface area is 232 Å². The summed E-state index contributed by atoms with van der Waals surface area (Å²) in [5, 5.41) is 3.89. The molecule has 1 N–H and O–H groups in total. The number of amides is 1.